The Bertz CT molecular complexity index is 891. The zero-order chi connectivity index (χ0) is 17.2. The van der Waals surface area contributed by atoms with Crippen molar-refractivity contribution in [3.05, 3.63) is 83.4 Å². The molecule has 0 radical (unpaired) electrons. The van der Waals surface area contributed by atoms with Crippen molar-refractivity contribution in [3.63, 3.8) is 0 Å². The minimum absolute atomic E-state index is 0.421. The van der Waals surface area contributed by atoms with Gasteiger partial charge in [-0.3, -0.25) is 4.98 Å². The van der Waals surface area contributed by atoms with Gasteiger partial charge in [-0.2, -0.15) is 5.10 Å². The van der Waals surface area contributed by atoms with E-state index in [2.05, 4.69) is 60.3 Å². The summed E-state index contributed by atoms with van der Waals surface area (Å²) in [7, 11) is 0. The van der Waals surface area contributed by atoms with Crippen molar-refractivity contribution >= 4 is 6.08 Å². The van der Waals surface area contributed by atoms with Gasteiger partial charge in [0.25, 0.3) is 0 Å². The maximum absolute atomic E-state index is 4.56. The molecule has 0 fully saturated rings. The van der Waals surface area contributed by atoms with E-state index >= 15 is 0 Å². The molecule has 1 aliphatic rings. The first-order valence-corrected chi connectivity index (χ1v) is 8.95. The first kappa shape index (κ1) is 15.8. The molecular weight excluding hydrogens is 306 g/mol. The van der Waals surface area contributed by atoms with Crippen LogP contribution < -0.4 is 0 Å². The summed E-state index contributed by atoms with van der Waals surface area (Å²) in [6, 6.07) is 14.9. The molecule has 1 unspecified atom stereocenters. The predicted octanol–water partition coefficient (Wildman–Crippen LogP) is 5.04. The summed E-state index contributed by atoms with van der Waals surface area (Å²) in [6.07, 6.45) is 10.1. The van der Waals surface area contributed by atoms with Gasteiger partial charge in [0, 0.05) is 30.9 Å². The van der Waals surface area contributed by atoms with E-state index in [1.54, 1.807) is 0 Å². The number of rotatable bonds is 5. The fourth-order valence-electron chi connectivity index (χ4n) is 3.68. The summed E-state index contributed by atoms with van der Waals surface area (Å²) in [5, 5.41) is 4.37. The quantitative estimate of drug-likeness (QED) is 0.657. The number of fused-ring (bicyclic) bond motifs is 1. The molecule has 4 rings (SSSR count). The standard InChI is InChI=1S/C22H23N3/c1-16(2)12-21(19-13-18-7-4-9-23-22(18)15-19)17-6-3-8-20(14-17)25-11-5-10-24-25/h3-11,13-14,16,21H,12,15H2,1-2H3. The van der Waals surface area contributed by atoms with Gasteiger partial charge >= 0.3 is 0 Å². The molecule has 0 saturated heterocycles. The largest absolute Gasteiger partial charge is 0.260 e. The molecule has 1 atom stereocenters. The number of hydrogen-bond acceptors (Lipinski definition) is 2. The van der Waals surface area contributed by atoms with Gasteiger partial charge < -0.3 is 0 Å². The van der Waals surface area contributed by atoms with Crippen molar-refractivity contribution in [2.75, 3.05) is 0 Å². The van der Waals surface area contributed by atoms with Gasteiger partial charge in [0.2, 0.25) is 0 Å². The van der Waals surface area contributed by atoms with E-state index in [9.17, 15) is 0 Å². The highest BCUT2D eigenvalue weighted by molar-refractivity contribution is 5.64. The summed E-state index contributed by atoms with van der Waals surface area (Å²) in [5.41, 5.74) is 6.43. The minimum Gasteiger partial charge on any atom is -0.260 e. The van der Waals surface area contributed by atoms with Crippen LogP contribution in [0.5, 0.6) is 0 Å². The molecule has 1 aliphatic carbocycles. The Kier molecular flexibility index (Phi) is 4.22. The molecular formula is C22H23N3. The van der Waals surface area contributed by atoms with Crippen LogP contribution in [-0.4, -0.2) is 14.8 Å². The number of benzene rings is 1. The van der Waals surface area contributed by atoms with Crippen LogP contribution in [0.2, 0.25) is 0 Å². The smallest absolute Gasteiger partial charge is 0.0648 e. The van der Waals surface area contributed by atoms with Crippen molar-refractivity contribution in [2.24, 2.45) is 5.92 Å². The third-order valence-corrected chi connectivity index (χ3v) is 4.83. The van der Waals surface area contributed by atoms with Gasteiger partial charge in [-0.25, -0.2) is 4.68 Å². The van der Waals surface area contributed by atoms with Gasteiger partial charge in [0.15, 0.2) is 0 Å². The van der Waals surface area contributed by atoms with E-state index in [0.29, 0.717) is 11.8 Å². The SMILES string of the molecule is CC(C)CC(C1=Cc2cccnc2C1)c1cccc(-n2cccn2)c1. The molecule has 3 aromatic rings. The maximum atomic E-state index is 4.56. The van der Waals surface area contributed by atoms with Crippen LogP contribution in [0.1, 0.15) is 43.0 Å². The van der Waals surface area contributed by atoms with Crippen LogP contribution in [0.4, 0.5) is 0 Å². The molecule has 0 spiro atoms. The Morgan fingerprint density at radius 3 is 2.76 bits per heavy atom. The Morgan fingerprint density at radius 2 is 2.00 bits per heavy atom. The fourth-order valence-corrected chi connectivity index (χ4v) is 3.68. The average Bonchev–Trinajstić information content (AvgIpc) is 3.29. The second-order valence-corrected chi connectivity index (χ2v) is 7.16. The van der Waals surface area contributed by atoms with E-state index in [1.165, 1.54) is 22.4 Å². The molecule has 25 heavy (non-hydrogen) atoms. The van der Waals surface area contributed by atoms with Gasteiger partial charge in [-0.15, -0.1) is 0 Å². The Hall–Kier alpha value is -2.68. The number of aromatic nitrogens is 3. The average molecular weight is 329 g/mol. The highest BCUT2D eigenvalue weighted by Gasteiger charge is 2.24. The third kappa shape index (κ3) is 3.27. The molecule has 0 saturated carbocycles. The summed E-state index contributed by atoms with van der Waals surface area (Å²) in [5.74, 6) is 1.06. The Labute approximate surface area is 149 Å². The lowest BCUT2D eigenvalue weighted by Crippen LogP contribution is -2.08. The van der Waals surface area contributed by atoms with Gasteiger partial charge in [0.1, 0.15) is 0 Å². The molecule has 3 heteroatoms. The highest BCUT2D eigenvalue weighted by Crippen LogP contribution is 2.38. The second kappa shape index (κ2) is 6.67. The first-order chi connectivity index (χ1) is 12.2. The van der Waals surface area contributed by atoms with Crippen LogP contribution in [0.25, 0.3) is 11.8 Å². The number of nitrogens with zero attached hydrogens (tertiary/aromatic N) is 3. The molecule has 2 aromatic heterocycles. The zero-order valence-electron chi connectivity index (χ0n) is 14.8. The van der Waals surface area contributed by atoms with Crippen LogP contribution in [0, 0.1) is 5.92 Å². The van der Waals surface area contributed by atoms with Crippen molar-refractivity contribution in [2.45, 2.75) is 32.6 Å². The fraction of sp³-hybridized carbons (Fsp3) is 0.273. The second-order valence-electron chi connectivity index (χ2n) is 7.16. The van der Waals surface area contributed by atoms with Gasteiger partial charge in [-0.1, -0.05) is 43.7 Å². The monoisotopic (exact) mass is 329 g/mol. The Balaban J connectivity index is 1.70. The molecule has 126 valence electrons. The lowest BCUT2D eigenvalue weighted by Gasteiger charge is -2.22. The maximum Gasteiger partial charge on any atom is 0.0648 e. The van der Waals surface area contributed by atoms with Gasteiger partial charge in [-0.05, 0) is 47.7 Å². The number of hydrogen-bond donors (Lipinski definition) is 0. The summed E-state index contributed by atoms with van der Waals surface area (Å²) < 4.78 is 1.93. The summed E-state index contributed by atoms with van der Waals surface area (Å²) in [4.78, 5) is 4.56. The summed E-state index contributed by atoms with van der Waals surface area (Å²) >= 11 is 0. The molecule has 1 aromatic carbocycles. The molecule has 0 aliphatic heterocycles. The van der Waals surface area contributed by atoms with Crippen LogP contribution in [0.15, 0.2) is 66.6 Å². The normalized spacial score (nSPS) is 14.4. The van der Waals surface area contributed by atoms with E-state index in [-0.39, 0.29) is 0 Å². The molecule has 0 bridgehead atoms. The number of pyridine rings is 1. The van der Waals surface area contributed by atoms with Crippen LogP contribution in [0.3, 0.4) is 0 Å². The predicted molar refractivity (Wildman–Crippen MR) is 102 cm³/mol. The molecule has 3 nitrogen and oxygen atoms in total. The first-order valence-electron chi connectivity index (χ1n) is 8.95. The van der Waals surface area contributed by atoms with Crippen molar-refractivity contribution < 1.29 is 0 Å². The molecule has 0 N–H and O–H groups in total. The van der Waals surface area contributed by atoms with E-state index in [1.807, 2.05) is 35.4 Å². The van der Waals surface area contributed by atoms with E-state index in [4.69, 9.17) is 0 Å². The lowest BCUT2D eigenvalue weighted by molar-refractivity contribution is 0.533. The lowest BCUT2D eigenvalue weighted by atomic mass is 9.83. The highest BCUT2D eigenvalue weighted by atomic mass is 15.3. The number of allylic oxidation sites excluding steroid dienone is 1. The summed E-state index contributed by atoms with van der Waals surface area (Å²) in [6.45, 7) is 4.59. The molecule has 0 amide bonds. The van der Waals surface area contributed by atoms with E-state index < -0.39 is 0 Å². The minimum atomic E-state index is 0.421. The van der Waals surface area contributed by atoms with Crippen molar-refractivity contribution in [1.82, 2.24) is 14.8 Å². The van der Waals surface area contributed by atoms with Crippen LogP contribution in [-0.2, 0) is 6.42 Å². The third-order valence-electron chi connectivity index (χ3n) is 4.83. The van der Waals surface area contributed by atoms with Crippen molar-refractivity contribution in [1.29, 1.82) is 0 Å². The Morgan fingerprint density at radius 1 is 1.08 bits per heavy atom. The van der Waals surface area contributed by atoms with Crippen molar-refractivity contribution in [3.8, 4) is 5.69 Å². The van der Waals surface area contributed by atoms with Gasteiger partial charge in [0.05, 0.1) is 11.4 Å². The zero-order valence-corrected chi connectivity index (χ0v) is 14.8. The topological polar surface area (TPSA) is 30.7 Å². The molecule has 2 heterocycles. The van der Waals surface area contributed by atoms with Crippen LogP contribution >= 0.6 is 0 Å². The van der Waals surface area contributed by atoms with E-state index in [0.717, 1.165) is 18.5 Å².